The highest BCUT2D eigenvalue weighted by atomic mass is 17.0. The first-order chi connectivity index (χ1) is 6.34. The minimum absolute atomic E-state index is 0.0923. The first-order valence-electron chi connectivity index (χ1n) is 4.11. The van der Waals surface area contributed by atoms with E-state index in [2.05, 4.69) is 9.57 Å². The average molecular weight is 206 g/mol. The van der Waals surface area contributed by atoms with Crippen LogP contribution in [0.3, 0.4) is 0 Å². The molecule has 0 saturated carbocycles. The van der Waals surface area contributed by atoms with Crippen LogP contribution in [0, 0.1) is 16.0 Å². The quantitative estimate of drug-likeness (QED) is 0.295. The summed E-state index contributed by atoms with van der Waals surface area (Å²) in [6.07, 6.45) is -1.23. The molecule has 82 valence electrons. The number of nitrogens with two attached hydrogens (primary N) is 1. The number of hydrogen-bond acceptors (Lipinski definition) is 6. The molecule has 0 amide bonds. The zero-order valence-electron chi connectivity index (χ0n) is 8.30. The summed E-state index contributed by atoms with van der Waals surface area (Å²) in [5.41, 5.74) is 5.44. The second kappa shape index (κ2) is 5.38. The Kier molecular flexibility index (Phi) is 4.85. The lowest BCUT2D eigenvalue weighted by Gasteiger charge is -2.17. The maximum atomic E-state index is 11.1. The van der Waals surface area contributed by atoms with Gasteiger partial charge in [0.25, 0.3) is 5.09 Å². The summed E-state index contributed by atoms with van der Waals surface area (Å²) in [5, 5.41) is 8.83. The zero-order valence-corrected chi connectivity index (χ0v) is 8.30. The van der Waals surface area contributed by atoms with Gasteiger partial charge in [-0.25, -0.2) is 0 Å². The number of nitrogens with zero attached hydrogens (tertiary/aromatic N) is 1. The summed E-state index contributed by atoms with van der Waals surface area (Å²) in [5.74, 6) is -0.806. The maximum absolute atomic E-state index is 11.1. The Hall–Kier alpha value is -1.37. The molecule has 0 aromatic heterocycles. The fourth-order valence-corrected chi connectivity index (χ4v) is 0.657. The minimum atomic E-state index is -1.23. The fraction of sp³-hybridized carbons (Fsp3) is 0.857. The number of carbonyl (C=O) groups excluding carboxylic acids is 1. The third-order valence-corrected chi connectivity index (χ3v) is 1.51. The Morgan fingerprint density at radius 3 is 2.29 bits per heavy atom. The molecule has 0 saturated heterocycles. The van der Waals surface area contributed by atoms with Crippen LogP contribution in [-0.2, 0) is 14.4 Å². The highest BCUT2D eigenvalue weighted by Crippen LogP contribution is 2.03. The molecule has 0 aromatic rings. The molecular weight excluding hydrogens is 192 g/mol. The second-order valence-corrected chi connectivity index (χ2v) is 3.10. The van der Waals surface area contributed by atoms with Crippen molar-refractivity contribution in [3.8, 4) is 0 Å². The summed E-state index contributed by atoms with van der Waals surface area (Å²) >= 11 is 0. The van der Waals surface area contributed by atoms with Gasteiger partial charge in [-0.3, -0.25) is 9.63 Å². The molecule has 0 heterocycles. The molecule has 0 fully saturated rings. The first kappa shape index (κ1) is 12.6. The van der Waals surface area contributed by atoms with Crippen LogP contribution in [0.5, 0.6) is 0 Å². The Balaban J connectivity index is 3.99. The standard InChI is InChI=1S/C7H14N2O5/c1-4(2)6(8)7(10)13-5(3)14-9(11)12/h4-6H,8H2,1-3H3. The topological polar surface area (TPSA) is 105 Å². The molecule has 14 heavy (non-hydrogen) atoms. The zero-order chi connectivity index (χ0) is 11.3. The summed E-state index contributed by atoms with van der Waals surface area (Å²) in [4.78, 5) is 25.0. The molecule has 7 heteroatoms. The fourth-order valence-electron chi connectivity index (χ4n) is 0.657. The molecule has 0 aliphatic heterocycles. The number of rotatable bonds is 5. The molecule has 0 radical (unpaired) electrons. The predicted octanol–water partition coefficient (Wildman–Crippen LogP) is 0.0672. The van der Waals surface area contributed by atoms with Crippen molar-refractivity contribution in [2.24, 2.45) is 11.7 Å². The van der Waals surface area contributed by atoms with Gasteiger partial charge in [0.05, 0.1) is 0 Å². The summed E-state index contributed by atoms with van der Waals surface area (Å²) in [7, 11) is 0. The van der Waals surface area contributed by atoms with Gasteiger partial charge in [-0.05, 0) is 12.8 Å². The molecule has 7 nitrogen and oxygen atoms in total. The SMILES string of the molecule is CC(OC(=O)C(N)C(C)C)O[N+](=O)[O-]. The van der Waals surface area contributed by atoms with E-state index in [4.69, 9.17) is 5.73 Å². The number of hydrogen-bond donors (Lipinski definition) is 1. The van der Waals surface area contributed by atoms with E-state index in [0.29, 0.717) is 0 Å². The monoisotopic (exact) mass is 206 g/mol. The number of carbonyl (C=O) groups is 1. The molecule has 0 aromatic carbocycles. The lowest BCUT2D eigenvalue weighted by Crippen LogP contribution is -2.39. The third-order valence-electron chi connectivity index (χ3n) is 1.51. The predicted molar refractivity (Wildman–Crippen MR) is 46.4 cm³/mol. The largest absolute Gasteiger partial charge is 0.434 e. The van der Waals surface area contributed by atoms with Crippen molar-refractivity contribution in [2.75, 3.05) is 0 Å². The molecular formula is C7H14N2O5. The van der Waals surface area contributed by atoms with Crippen molar-refractivity contribution in [1.29, 1.82) is 0 Å². The van der Waals surface area contributed by atoms with Crippen LogP contribution in [0.1, 0.15) is 20.8 Å². The molecule has 2 atom stereocenters. The molecule has 0 spiro atoms. The highest BCUT2D eigenvalue weighted by molar-refractivity contribution is 5.75. The van der Waals surface area contributed by atoms with E-state index < -0.39 is 23.4 Å². The Labute approximate surface area is 81.3 Å². The van der Waals surface area contributed by atoms with Crippen molar-refractivity contribution < 1.29 is 19.5 Å². The van der Waals surface area contributed by atoms with Crippen LogP contribution in [0.25, 0.3) is 0 Å². The molecule has 2 N–H and O–H groups in total. The minimum Gasteiger partial charge on any atom is -0.434 e. The molecule has 0 aliphatic carbocycles. The van der Waals surface area contributed by atoms with Crippen LogP contribution in [-0.4, -0.2) is 23.4 Å². The van der Waals surface area contributed by atoms with Crippen LogP contribution in [0.4, 0.5) is 0 Å². The van der Waals surface area contributed by atoms with Crippen LogP contribution in [0.15, 0.2) is 0 Å². The van der Waals surface area contributed by atoms with E-state index in [1.165, 1.54) is 6.92 Å². The van der Waals surface area contributed by atoms with Crippen molar-refractivity contribution in [3.05, 3.63) is 10.1 Å². The van der Waals surface area contributed by atoms with E-state index in [1.807, 2.05) is 0 Å². The van der Waals surface area contributed by atoms with Gasteiger partial charge in [0.1, 0.15) is 6.04 Å². The van der Waals surface area contributed by atoms with Crippen molar-refractivity contribution in [3.63, 3.8) is 0 Å². The van der Waals surface area contributed by atoms with Crippen LogP contribution >= 0.6 is 0 Å². The lowest BCUT2D eigenvalue weighted by molar-refractivity contribution is -0.777. The normalized spacial score (nSPS) is 14.6. The smallest absolute Gasteiger partial charge is 0.325 e. The van der Waals surface area contributed by atoms with Gasteiger partial charge < -0.3 is 10.5 Å². The van der Waals surface area contributed by atoms with Gasteiger partial charge in [0.15, 0.2) is 0 Å². The van der Waals surface area contributed by atoms with Crippen LogP contribution < -0.4 is 5.73 Å². The molecule has 2 unspecified atom stereocenters. The number of esters is 1. The highest BCUT2D eigenvalue weighted by Gasteiger charge is 2.22. The molecule has 0 bridgehead atoms. The summed E-state index contributed by atoms with van der Waals surface area (Å²) in [6.45, 7) is 4.73. The van der Waals surface area contributed by atoms with E-state index in [9.17, 15) is 14.9 Å². The first-order valence-corrected chi connectivity index (χ1v) is 4.11. The van der Waals surface area contributed by atoms with Gasteiger partial charge >= 0.3 is 5.97 Å². The van der Waals surface area contributed by atoms with Crippen molar-refractivity contribution in [2.45, 2.75) is 33.1 Å². The van der Waals surface area contributed by atoms with E-state index >= 15 is 0 Å². The molecule has 0 rings (SSSR count). The third kappa shape index (κ3) is 4.61. The van der Waals surface area contributed by atoms with Gasteiger partial charge in [0.2, 0.25) is 6.29 Å². The van der Waals surface area contributed by atoms with Gasteiger partial charge in [0, 0.05) is 0 Å². The van der Waals surface area contributed by atoms with E-state index in [-0.39, 0.29) is 5.92 Å². The lowest BCUT2D eigenvalue weighted by atomic mass is 10.1. The molecule has 0 aliphatic rings. The Bertz CT molecular complexity index is 218. The van der Waals surface area contributed by atoms with Gasteiger partial charge in [-0.15, -0.1) is 10.1 Å². The Morgan fingerprint density at radius 2 is 1.93 bits per heavy atom. The number of ether oxygens (including phenoxy) is 1. The van der Waals surface area contributed by atoms with E-state index in [1.54, 1.807) is 13.8 Å². The summed E-state index contributed by atoms with van der Waals surface area (Å²) in [6, 6.07) is -0.798. The van der Waals surface area contributed by atoms with Crippen LogP contribution in [0.2, 0.25) is 0 Å². The van der Waals surface area contributed by atoms with Gasteiger partial charge in [-0.2, -0.15) is 0 Å². The van der Waals surface area contributed by atoms with Crippen molar-refractivity contribution >= 4 is 5.97 Å². The average Bonchev–Trinajstić information content (AvgIpc) is 2.00. The summed E-state index contributed by atoms with van der Waals surface area (Å²) < 4.78 is 4.56. The second-order valence-electron chi connectivity index (χ2n) is 3.10. The van der Waals surface area contributed by atoms with Gasteiger partial charge in [-0.1, -0.05) is 13.8 Å². The Morgan fingerprint density at radius 1 is 1.43 bits per heavy atom. The maximum Gasteiger partial charge on any atom is 0.325 e. The van der Waals surface area contributed by atoms with Crippen molar-refractivity contribution in [1.82, 2.24) is 0 Å². The van der Waals surface area contributed by atoms with E-state index in [0.717, 1.165) is 0 Å².